The predicted octanol–water partition coefficient (Wildman–Crippen LogP) is 5.59. The Bertz CT molecular complexity index is 799. The Labute approximate surface area is 148 Å². The van der Waals surface area contributed by atoms with E-state index in [1.807, 2.05) is 36.4 Å². The molecule has 0 aliphatic rings. The number of rotatable bonds is 6. The maximum atomic E-state index is 13.0. The van der Waals surface area contributed by atoms with Crippen LogP contribution < -0.4 is 0 Å². The van der Waals surface area contributed by atoms with Crippen LogP contribution in [0.1, 0.15) is 12.0 Å². The third kappa shape index (κ3) is 4.89. The highest BCUT2D eigenvalue weighted by molar-refractivity contribution is 8.02. The molecule has 0 heterocycles. The minimum atomic E-state index is -4.59. The van der Waals surface area contributed by atoms with Crippen molar-refractivity contribution in [2.45, 2.75) is 16.7 Å². The van der Waals surface area contributed by atoms with Crippen LogP contribution in [-0.2, 0) is 9.53 Å². The highest BCUT2D eigenvalue weighted by Gasteiger charge is 2.47. The third-order valence-corrected chi connectivity index (χ3v) is 4.66. The Kier molecular flexibility index (Phi) is 5.95. The number of halogens is 3. The summed E-state index contributed by atoms with van der Waals surface area (Å²) in [5.41, 5.74) is -3.90. The van der Waals surface area contributed by atoms with Crippen molar-refractivity contribution in [1.82, 2.24) is 0 Å². The zero-order chi connectivity index (χ0) is 18.5. The summed E-state index contributed by atoms with van der Waals surface area (Å²) >= 11 is -0.403. The Morgan fingerprint density at radius 2 is 1.88 bits per heavy atom. The van der Waals surface area contributed by atoms with Crippen LogP contribution in [0.4, 0.5) is 13.2 Å². The van der Waals surface area contributed by atoms with Crippen molar-refractivity contribution < 1.29 is 22.7 Å². The van der Waals surface area contributed by atoms with E-state index >= 15 is 0 Å². The molecule has 132 valence electrons. The molecule has 25 heavy (non-hydrogen) atoms. The number of carbonyl (C=O) groups is 1. The first kappa shape index (κ1) is 19.1. The van der Waals surface area contributed by atoms with Crippen LogP contribution in [0.2, 0.25) is 0 Å². The van der Waals surface area contributed by atoms with Gasteiger partial charge in [-0.15, -0.1) is 6.58 Å². The highest BCUT2D eigenvalue weighted by Crippen LogP contribution is 2.44. The molecular formula is C19H17F3O2S. The maximum absolute atomic E-state index is 13.0. The van der Waals surface area contributed by atoms with E-state index in [2.05, 4.69) is 11.3 Å². The van der Waals surface area contributed by atoms with Crippen LogP contribution >= 0.6 is 11.8 Å². The van der Waals surface area contributed by atoms with Crippen molar-refractivity contribution in [3.63, 3.8) is 0 Å². The van der Waals surface area contributed by atoms with Gasteiger partial charge in [0.2, 0.25) is 0 Å². The van der Waals surface area contributed by atoms with Gasteiger partial charge in [0.1, 0.15) is 4.75 Å². The SMILES string of the molecule is C=CCC(/C=C/c1ccc2ccccc2c1)(SC(F)(F)F)C(=O)OC. The molecule has 0 saturated carbocycles. The number of benzene rings is 2. The van der Waals surface area contributed by atoms with Crippen molar-refractivity contribution in [2.75, 3.05) is 7.11 Å². The van der Waals surface area contributed by atoms with E-state index in [-0.39, 0.29) is 6.42 Å². The molecule has 0 radical (unpaired) electrons. The monoisotopic (exact) mass is 366 g/mol. The summed E-state index contributed by atoms with van der Waals surface area (Å²) in [6.45, 7) is 3.47. The van der Waals surface area contributed by atoms with Crippen molar-refractivity contribution in [1.29, 1.82) is 0 Å². The van der Waals surface area contributed by atoms with Crippen molar-refractivity contribution in [3.05, 3.63) is 66.8 Å². The number of thioether (sulfide) groups is 1. The molecule has 0 aromatic heterocycles. The summed E-state index contributed by atoms with van der Waals surface area (Å²) < 4.78 is 41.7. The van der Waals surface area contributed by atoms with Gasteiger partial charge in [-0.3, -0.25) is 4.79 Å². The first-order valence-electron chi connectivity index (χ1n) is 7.44. The number of esters is 1. The molecule has 2 aromatic carbocycles. The second-order valence-corrected chi connectivity index (χ2v) is 6.76. The van der Waals surface area contributed by atoms with Gasteiger partial charge in [-0.1, -0.05) is 54.6 Å². The summed E-state index contributed by atoms with van der Waals surface area (Å²) in [5, 5.41) is 1.98. The summed E-state index contributed by atoms with van der Waals surface area (Å²) in [4.78, 5) is 12.1. The van der Waals surface area contributed by atoms with E-state index in [0.717, 1.165) is 17.9 Å². The molecule has 0 aliphatic heterocycles. The molecule has 2 nitrogen and oxygen atoms in total. The molecule has 6 heteroatoms. The molecule has 0 N–H and O–H groups in total. The topological polar surface area (TPSA) is 26.3 Å². The number of alkyl halides is 3. The lowest BCUT2D eigenvalue weighted by Crippen LogP contribution is -2.36. The lowest BCUT2D eigenvalue weighted by molar-refractivity contribution is -0.142. The minimum absolute atomic E-state index is 0.200. The van der Waals surface area contributed by atoms with E-state index < -0.39 is 28.0 Å². The van der Waals surface area contributed by atoms with E-state index in [9.17, 15) is 18.0 Å². The van der Waals surface area contributed by atoms with Crippen LogP contribution in [0.3, 0.4) is 0 Å². The van der Waals surface area contributed by atoms with Crippen molar-refractivity contribution >= 4 is 34.6 Å². The van der Waals surface area contributed by atoms with Crippen molar-refractivity contribution in [2.24, 2.45) is 0 Å². The molecule has 2 aromatic rings. The number of hydrogen-bond donors (Lipinski definition) is 0. The fourth-order valence-electron chi connectivity index (χ4n) is 2.47. The first-order chi connectivity index (χ1) is 11.8. The van der Waals surface area contributed by atoms with E-state index in [1.165, 1.54) is 18.2 Å². The predicted molar refractivity (Wildman–Crippen MR) is 96.2 cm³/mol. The standard InChI is InChI=1S/C19H17F3O2S/c1-3-11-18(17(23)24-2,25-19(20,21)22)12-10-14-8-9-15-6-4-5-7-16(15)13-14/h3-10,12-13H,1,11H2,2H3/b12-10+. The van der Waals surface area contributed by atoms with Gasteiger partial charge >= 0.3 is 11.5 Å². The normalized spacial score (nSPS) is 14.4. The largest absolute Gasteiger partial charge is 0.468 e. The lowest BCUT2D eigenvalue weighted by Gasteiger charge is -2.26. The zero-order valence-corrected chi connectivity index (χ0v) is 14.4. The number of ether oxygens (including phenoxy) is 1. The number of hydrogen-bond acceptors (Lipinski definition) is 3. The molecule has 1 unspecified atom stereocenters. The number of fused-ring (bicyclic) bond motifs is 1. The van der Waals surface area contributed by atoms with Crippen LogP contribution in [0.5, 0.6) is 0 Å². The second-order valence-electron chi connectivity index (χ2n) is 5.36. The minimum Gasteiger partial charge on any atom is -0.468 e. The second kappa shape index (κ2) is 7.78. The number of allylic oxidation sites excluding steroid dienone is 1. The van der Waals surface area contributed by atoms with E-state index in [0.29, 0.717) is 5.56 Å². The van der Waals surface area contributed by atoms with Crippen molar-refractivity contribution in [3.8, 4) is 0 Å². The van der Waals surface area contributed by atoms with Gasteiger partial charge in [0.05, 0.1) is 7.11 Å². The summed E-state index contributed by atoms with van der Waals surface area (Å²) in [6, 6.07) is 13.1. The Morgan fingerprint density at radius 3 is 2.48 bits per heavy atom. The quantitative estimate of drug-likeness (QED) is 0.492. The zero-order valence-electron chi connectivity index (χ0n) is 13.5. The molecule has 2 rings (SSSR count). The molecular weight excluding hydrogens is 349 g/mol. The van der Waals surface area contributed by atoms with Gasteiger partial charge in [0.25, 0.3) is 0 Å². The van der Waals surface area contributed by atoms with Gasteiger partial charge in [-0.05, 0) is 40.6 Å². The van der Waals surface area contributed by atoms with Crippen LogP contribution in [-0.4, -0.2) is 23.3 Å². The Balaban J connectivity index is 2.43. The molecule has 0 spiro atoms. The van der Waals surface area contributed by atoms with Gasteiger partial charge in [0.15, 0.2) is 0 Å². The first-order valence-corrected chi connectivity index (χ1v) is 8.25. The third-order valence-electron chi connectivity index (χ3n) is 3.59. The Hall–Kier alpha value is -2.21. The molecule has 0 aliphatic carbocycles. The maximum Gasteiger partial charge on any atom is 0.443 e. The summed E-state index contributed by atoms with van der Waals surface area (Å²) in [5.74, 6) is -0.966. The van der Waals surface area contributed by atoms with Crippen LogP contribution in [0, 0.1) is 0 Å². The van der Waals surface area contributed by atoms with Gasteiger partial charge < -0.3 is 4.74 Å². The summed E-state index contributed by atoms with van der Waals surface area (Å²) in [6.07, 6.45) is 3.82. The smallest absolute Gasteiger partial charge is 0.443 e. The van der Waals surface area contributed by atoms with Crippen LogP contribution in [0.15, 0.2) is 61.2 Å². The van der Waals surface area contributed by atoms with Gasteiger partial charge in [-0.2, -0.15) is 13.2 Å². The van der Waals surface area contributed by atoms with Gasteiger partial charge in [0, 0.05) is 0 Å². The molecule has 0 saturated heterocycles. The lowest BCUT2D eigenvalue weighted by atomic mass is 10.0. The highest BCUT2D eigenvalue weighted by atomic mass is 32.2. The van der Waals surface area contributed by atoms with Gasteiger partial charge in [-0.25, -0.2) is 0 Å². The molecule has 0 bridgehead atoms. The summed E-state index contributed by atoms with van der Waals surface area (Å²) in [7, 11) is 1.07. The fourth-order valence-corrected chi connectivity index (χ4v) is 3.39. The molecule has 0 amide bonds. The molecule has 1 atom stereocenters. The number of carbonyl (C=O) groups excluding carboxylic acids is 1. The fraction of sp³-hybridized carbons (Fsp3) is 0.211. The average molecular weight is 366 g/mol. The van der Waals surface area contributed by atoms with E-state index in [4.69, 9.17) is 0 Å². The molecule has 0 fully saturated rings. The van der Waals surface area contributed by atoms with E-state index in [1.54, 1.807) is 6.07 Å². The Morgan fingerprint density at radius 1 is 1.20 bits per heavy atom. The average Bonchev–Trinajstić information content (AvgIpc) is 2.57. The number of methoxy groups -OCH3 is 1. The van der Waals surface area contributed by atoms with Crippen LogP contribution in [0.25, 0.3) is 16.8 Å².